The number of ether oxygens (including phenoxy) is 1. The van der Waals surface area contributed by atoms with Crippen LogP contribution in [0.3, 0.4) is 0 Å². The summed E-state index contributed by atoms with van der Waals surface area (Å²) in [6.45, 7) is 27.0. The zero-order valence-corrected chi connectivity index (χ0v) is 24.6. The van der Waals surface area contributed by atoms with Gasteiger partial charge in [-0.05, 0) is 54.9 Å². The van der Waals surface area contributed by atoms with Crippen molar-refractivity contribution in [3.63, 3.8) is 0 Å². The molecule has 2 aliphatic heterocycles. The van der Waals surface area contributed by atoms with E-state index in [4.69, 9.17) is 4.74 Å². The third-order valence-corrected chi connectivity index (χ3v) is 6.45. The van der Waals surface area contributed by atoms with Crippen LogP contribution >= 0.6 is 0 Å². The second-order valence-corrected chi connectivity index (χ2v) is 13.9. The largest absolute Gasteiger partial charge is 0.472 e. The molecule has 37 heavy (non-hydrogen) atoms. The van der Waals surface area contributed by atoms with Gasteiger partial charge >= 0.3 is 6.03 Å². The molecule has 0 aliphatic carbocycles. The molecule has 1 aromatic carbocycles. The van der Waals surface area contributed by atoms with Crippen molar-refractivity contribution in [3.8, 4) is 0 Å². The Kier molecular flexibility index (Phi) is 7.39. The lowest BCUT2D eigenvalue weighted by molar-refractivity contribution is 0.253. The van der Waals surface area contributed by atoms with Crippen molar-refractivity contribution in [1.29, 1.82) is 0 Å². The summed E-state index contributed by atoms with van der Waals surface area (Å²) in [5.74, 6) is 0.299. The van der Waals surface area contributed by atoms with E-state index in [0.717, 1.165) is 5.22 Å². The number of amides is 2. The summed E-state index contributed by atoms with van der Waals surface area (Å²) in [5.41, 5.74) is 5.66. The Labute approximate surface area is 221 Å². The minimum atomic E-state index is -0.689. The van der Waals surface area contributed by atoms with Crippen LogP contribution in [0.4, 0.5) is 4.79 Å². The van der Waals surface area contributed by atoms with Gasteiger partial charge in [-0.25, -0.2) is 4.79 Å². The van der Waals surface area contributed by atoms with Gasteiger partial charge in [-0.15, -0.1) is 10.2 Å². The van der Waals surface area contributed by atoms with Crippen LogP contribution in [0.25, 0.3) is 11.6 Å². The quantitative estimate of drug-likeness (QED) is 0.390. The molecule has 0 bridgehead atoms. The topological polar surface area (TPSA) is 75.7 Å². The number of benzene rings is 1. The minimum Gasteiger partial charge on any atom is -0.472 e. The number of carbonyl (C=O) groups excluding carboxylic acids is 1. The van der Waals surface area contributed by atoms with E-state index in [2.05, 4.69) is 116 Å². The van der Waals surface area contributed by atoms with Crippen LogP contribution in [0.2, 0.25) is 0 Å². The Hall–Kier alpha value is -3.15. The highest BCUT2D eigenvalue weighted by molar-refractivity contribution is 5.82. The lowest BCUT2D eigenvalue weighted by atomic mass is 9.69. The zero-order valence-electron chi connectivity index (χ0n) is 24.6. The lowest BCUT2D eigenvalue weighted by Gasteiger charge is -2.37. The molecule has 0 saturated heterocycles. The standard InChI is InChI=1S/C31H42N4O2/c1-28(2,3)20-15-19(13-14-24-32-34-27(36)35-33-24)16-21(29(4,5)6)25(20)26-22(30(7,8)9)17-37-18-23(26)31(10,11)12/h13-18H,1-12H3. The highest BCUT2D eigenvalue weighted by atomic mass is 16.5. The van der Waals surface area contributed by atoms with E-state index in [0.29, 0.717) is 5.82 Å². The van der Waals surface area contributed by atoms with Crippen molar-refractivity contribution in [2.24, 2.45) is 31.3 Å². The van der Waals surface area contributed by atoms with Gasteiger partial charge in [-0.3, -0.25) is 0 Å². The number of rotatable bonds is 1. The molecule has 2 heterocycles. The molecular formula is C31H42N4O2. The number of urea groups is 1. The second-order valence-electron chi connectivity index (χ2n) is 13.9. The highest BCUT2D eigenvalue weighted by Crippen LogP contribution is 2.45. The summed E-state index contributed by atoms with van der Waals surface area (Å²) in [4.78, 5) is 11.2. The Morgan fingerprint density at radius 3 is 1.43 bits per heavy atom. The zero-order chi connectivity index (χ0) is 28.0. The molecule has 2 amide bonds. The van der Waals surface area contributed by atoms with Gasteiger partial charge in [-0.1, -0.05) is 112 Å². The fraction of sp³-hybridized carbons (Fsp3) is 0.516. The molecule has 0 saturated carbocycles. The fourth-order valence-electron chi connectivity index (χ4n) is 4.48. The van der Waals surface area contributed by atoms with Crippen LogP contribution in [-0.2, 0) is 15.6 Å². The van der Waals surface area contributed by atoms with E-state index >= 15 is 0 Å². The Morgan fingerprint density at radius 2 is 1.05 bits per heavy atom. The first-order valence-electron chi connectivity index (χ1n) is 12.9. The first-order valence-corrected chi connectivity index (χ1v) is 12.9. The summed E-state index contributed by atoms with van der Waals surface area (Å²) in [7, 11) is 0. The van der Waals surface area contributed by atoms with E-state index in [-0.39, 0.29) is 21.7 Å². The van der Waals surface area contributed by atoms with Crippen molar-refractivity contribution in [2.45, 2.75) is 93.9 Å². The van der Waals surface area contributed by atoms with Crippen molar-refractivity contribution in [3.05, 3.63) is 69.3 Å². The maximum absolute atomic E-state index is 11.2. The third-order valence-electron chi connectivity index (χ3n) is 6.45. The van der Waals surface area contributed by atoms with E-state index < -0.39 is 6.03 Å². The van der Waals surface area contributed by atoms with Crippen LogP contribution in [0.1, 0.15) is 94.2 Å². The average molecular weight is 503 g/mol. The van der Waals surface area contributed by atoms with Gasteiger partial charge in [0.1, 0.15) is 0 Å². The Bertz CT molecular complexity index is 1280. The maximum Gasteiger partial charge on any atom is 0.404 e. The first-order chi connectivity index (χ1) is 16.8. The lowest BCUT2D eigenvalue weighted by Crippen LogP contribution is -2.38. The molecule has 3 rings (SSSR count). The second kappa shape index (κ2) is 9.62. The first kappa shape index (κ1) is 28.4. The predicted molar refractivity (Wildman–Crippen MR) is 150 cm³/mol. The average Bonchev–Trinajstić information content (AvgIpc) is 2.75. The monoisotopic (exact) mass is 502 g/mol. The van der Waals surface area contributed by atoms with Gasteiger partial charge < -0.3 is 4.74 Å². The molecule has 0 atom stereocenters. The van der Waals surface area contributed by atoms with Gasteiger partial charge in [0.15, 0.2) is 5.82 Å². The normalized spacial score (nSPS) is 16.9. The summed E-state index contributed by atoms with van der Waals surface area (Å²) < 4.78 is 5.97. The number of azo groups is 2. The van der Waals surface area contributed by atoms with E-state index in [1.807, 2.05) is 18.6 Å². The molecule has 0 unspecified atom stereocenters. The molecule has 0 radical (unpaired) electrons. The summed E-state index contributed by atoms with van der Waals surface area (Å²) in [6, 6.07) is 3.82. The molecule has 1 aromatic rings. The van der Waals surface area contributed by atoms with Crippen LogP contribution in [-0.4, -0.2) is 6.03 Å². The van der Waals surface area contributed by atoms with Crippen LogP contribution in [0.15, 0.2) is 68.2 Å². The Balaban J connectivity index is 2.56. The highest BCUT2D eigenvalue weighted by Gasteiger charge is 2.35. The van der Waals surface area contributed by atoms with E-state index in [9.17, 15) is 4.79 Å². The van der Waals surface area contributed by atoms with Crippen molar-refractivity contribution < 1.29 is 9.53 Å². The fourth-order valence-corrected chi connectivity index (χ4v) is 4.48. The molecular weight excluding hydrogens is 460 g/mol. The number of carbonyl (C=O) groups is 1. The molecule has 6 heteroatoms. The number of hydrogen-bond acceptors (Lipinski definition) is 4. The summed E-state index contributed by atoms with van der Waals surface area (Å²) in [5, 5.41) is 17.0. The van der Waals surface area contributed by atoms with Gasteiger partial charge in [0.25, 0.3) is 0 Å². The van der Waals surface area contributed by atoms with Crippen molar-refractivity contribution >= 4 is 17.7 Å². The van der Waals surface area contributed by atoms with Crippen molar-refractivity contribution in [1.82, 2.24) is 0 Å². The molecule has 6 nitrogen and oxygen atoms in total. The van der Waals surface area contributed by atoms with Gasteiger partial charge in [0.2, 0.25) is 0 Å². The van der Waals surface area contributed by atoms with Gasteiger partial charge in [0, 0.05) is 11.1 Å². The molecule has 2 aliphatic rings. The number of nitrogens with zero attached hydrogens (tertiary/aromatic N) is 4. The summed E-state index contributed by atoms with van der Waals surface area (Å²) >= 11 is 0. The molecule has 0 N–H and O–H groups in total. The SMILES string of the molecule is CC(C)(C)C1=COC=C(C(C)(C)C)C1=c1c(C(C)(C)C)cc(=CC=C2N=NC(=O)N=N2)cc1C(C)(C)C. The predicted octanol–water partition coefficient (Wildman–Crippen LogP) is 7.98. The summed E-state index contributed by atoms with van der Waals surface area (Å²) in [6.07, 6.45) is 7.56. The molecule has 0 aromatic heterocycles. The van der Waals surface area contributed by atoms with Gasteiger partial charge in [0.05, 0.1) is 12.5 Å². The van der Waals surface area contributed by atoms with Gasteiger partial charge in [-0.2, -0.15) is 0 Å². The minimum absolute atomic E-state index is 0.117. The van der Waals surface area contributed by atoms with Crippen molar-refractivity contribution in [2.75, 3.05) is 0 Å². The van der Waals surface area contributed by atoms with Crippen LogP contribution < -0.4 is 10.4 Å². The number of hydrogen-bond donors (Lipinski definition) is 0. The molecule has 198 valence electrons. The Morgan fingerprint density at radius 1 is 0.622 bits per heavy atom. The van der Waals surface area contributed by atoms with Crippen LogP contribution in [0.5, 0.6) is 0 Å². The smallest absolute Gasteiger partial charge is 0.404 e. The molecule has 0 fully saturated rings. The molecule has 0 spiro atoms. The number of allylic oxidation sites excluding steroid dienone is 3. The third kappa shape index (κ3) is 6.41. The van der Waals surface area contributed by atoms with Crippen LogP contribution in [0, 0.1) is 10.8 Å². The van der Waals surface area contributed by atoms with E-state index in [1.165, 1.54) is 33.1 Å². The van der Waals surface area contributed by atoms with E-state index in [1.54, 1.807) is 6.08 Å². The maximum atomic E-state index is 11.2.